The minimum Gasteiger partial charge on any atom is -0.336 e. The maximum absolute atomic E-state index is 12.0. The number of carbonyl (C=O) groups excluding carboxylic acids is 1. The number of amides is 1. The third-order valence-corrected chi connectivity index (χ3v) is 3.40. The topological polar surface area (TPSA) is 121 Å². The Morgan fingerprint density at radius 2 is 2.06 bits per heavy atom. The molecule has 1 amide bonds. The minimum atomic E-state index is -3.96. The standard InChI is InChI=1S/C8H13N5O3S/c9-17(15,16)7-6(5-11-12-7)8(14)13-3-1-10-2-4-13/h5,10H,1-4H2,(H,11,12)(H2,9,15,16). The van der Waals surface area contributed by atoms with Gasteiger partial charge in [0.05, 0.1) is 11.8 Å². The molecule has 2 heterocycles. The number of nitrogens with two attached hydrogens (primary N) is 1. The molecule has 1 aliphatic heterocycles. The highest BCUT2D eigenvalue weighted by molar-refractivity contribution is 7.89. The predicted octanol–water partition coefficient (Wildman–Crippen LogP) is -1.90. The number of hydrogen-bond acceptors (Lipinski definition) is 5. The monoisotopic (exact) mass is 259 g/mol. The number of hydrogen-bond donors (Lipinski definition) is 3. The van der Waals surface area contributed by atoms with Crippen molar-refractivity contribution in [3.63, 3.8) is 0 Å². The molecule has 0 spiro atoms. The number of rotatable bonds is 2. The Labute approximate surface area is 98.2 Å². The van der Waals surface area contributed by atoms with Crippen LogP contribution >= 0.6 is 0 Å². The van der Waals surface area contributed by atoms with Crippen LogP contribution in [0.2, 0.25) is 0 Å². The average molecular weight is 259 g/mol. The van der Waals surface area contributed by atoms with E-state index in [1.165, 1.54) is 6.20 Å². The molecule has 0 bridgehead atoms. The highest BCUT2D eigenvalue weighted by atomic mass is 32.2. The van der Waals surface area contributed by atoms with Crippen LogP contribution in [0, 0.1) is 0 Å². The zero-order chi connectivity index (χ0) is 12.5. The highest BCUT2D eigenvalue weighted by Crippen LogP contribution is 2.13. The number of primary sulfonamides is 1. The van der Waals surface area contributed by atoms with Crippen LogP contribution in [-0.2, 0) is 10.0 Å². The van der Waals surface area contributed by atoms with E-state index in [1.807, 2.05) is 0 Å². The van der Waals surface area contributed by atoms with Crippen LogP contribution in [0.4, 0.5) is 0 Å². The quantitative estimate of drug-likeness (QED) is 0.573. The van der Waals surface area contributed by atoms with Crippen molar-refractivity contribution in [2.45, 2.75) is 5.03 Å². The van der Waals surface area contributed by atoms with Crippen molar-refractivity contribution >= 4 is 15.9 Å². The van der Waals surface area contributed by atoms with Crippen LogP contribution in [0.3, 0.4) is 0 Å². The fourth-order valence-electron chi connectivity index (χ4n) is 1.68. The van der Waals surface area contributed by atoms with Gasteiger partial charge in [0.2, 0.25) is 0 Å². The third-order valence-electron chi connectivity index (χ3n) is 2.52. The predicted molar refractivity (Wildman–Crippen MR) is 58.7 cm³/mol. The molecule has 94 valence electrons. The SMILES string of the molecule is NS(=O)(=O)c1[nH]ncc1C(=O)N1CCNCC1. The molecule has 0 atom stereocenters. The molecule has 8 nitrogen and oxygen atoms in total. The van der Waals surface area contributed by atoms with Gasteiger partial charge in [0, 0.05) is 26.2 Å². The largest absolute Gasteiger partial charge is 0.336 e. The zero-order valence-electron chi connectivity index (χ0n) is 9.01. The number of sulfonamides is 1. The van der Waals surface area contributed by atoms with Crippen molar-refractivity contribution in [3.05, 3.63) is 11.8 Å². The molecule has 1 saturated heterocycles. The van der Waals surface area contributed by atoms with Crippen LogP contribution in [0.1, 0.15) is 10.4 Å². The van der Waals surface area contributed by atoms with E-state index < -0.39 is 10.0 Å². The first-order valence-electron chi connectivity index (χ1n) is 5.06. The first-order chi connectivity index (χ1) is 8.00. The zero-order valence-corrected chi connectivity index (χ0v) is 9.83. The Morgan fingerprint density at radius 3 is 2.65 bits per heavy atom. The maximum Gasteiger partial charge on any atom is 0.258 e. The van der Waals surface area contributed by atoms with Gasteiger partial charge in [-0.3, -0.25) is 9.89 Å². The lowest BCUT2D eigenvalue weighted by molar-refractivity contribution is 0.0732. The van der Waals surface area contributed by atoms with Gasteiger partial charge in [0.1, 0.15) is 0 Å². The van der Waals surface area contributed by atoms with Crippen molar-refractivity contribution in [1.82, 2.24) is 20.4 Å². The third kappa shape index (κ3) is 2.46. The first-order valence-corrected chi connectivity index (χ1v) is 6.61. The summed E-state index contributed by atoms with van der Waals surface area (Å²) in [4.78, 5) is 13.6. The van der Waals surface area contributed by atoms with Crippen LogP contribution in [-0.4, -0.2) is 55.6 Å². The molecule has 9 heteroatoms. The fraction of sp³-hybridized carbons (Fsp3) is 0.500. The van der Waals surface area contributed by atoms with Crippen molar-refractivity contribution < 1.29 is 13.2 Å². The summed E-state index contributed by atoms with van der Waals surface area (Å²) < 4.78 is 22.5. The van der Waals surface area contributed by atoms with Gasteiger partial charge in [0.25, 0.3) is 15.9 Å². The van der Waals surface area contributed by atoms with Crippen molar-refractivity contribution in [2.24, 2.45) is 5.14 Å². The highest BCUT2D eigenvalue weighted by Gasteiger charge is 2.26. The van der Waals surface area contributed by atoms with E-state index in [4.69, 9.17) is 5.14 Å². The summed E-state index contributed by atoms with van der Waals surface area (Å²) in [6.07, 6.45) is 1.18. The van der Waals surface area contributed by atoms with Gasteiger partial charge in [0.15, 0.2) is 5.03 Å². The molecule has 1 aromatic heterocycles. The summed E-state index contributed by atoms with van der Waals surface area (Å²) in [5.41, 5.74) is -0.00519. The molecular formula is C8H13N5O3S. The summed E-state index contributed by atoms with van der Waals surface area (Å²) in [6, 6.07) is 0. The summed E-state index contributed by atoms with van der Waals surface area (Å²) in [7, 11) is -3.96. The van der Waals surface area contributed by atoms with Gasteiger partial charge in [-0.25, -0.2) is 13.6 Å². The number of nitrogens with one attached hydrogen (secondary N) is 2. The van der Waals surface area contributed by atoms with Gasteiger partial charge in [-0.2, -0.15) is 5.10 Å². The summed E-state index contributed by atoms with van der Waals surface area (Å²) in [6.45, 7) is 2.45. The molecule has 0 aromatic carbocycles. The Hall–Kier alpha value is -1.45. The molecule has 0 radical (unpaired) electrons. The van der Waals surface area contributed by atoms with Crippen LogP contribution in [0.15, 0.2) is 11.2 Å². The molecule has 1 aliphatic rings. The molecule has 1 fully saturated rings. The molecule has 17 heavy (non-hydrogen) atoms. The minimum absolute atomic E-state index is 0.00519. The van der Waals surface area contributed by atoms with Gasteiger partial charge in [-0.15, -0.1) is 0 Å². The second kappa shape index (κ2) is 4.43. The Balaban J connectivity index is 2.28. The number of aromatic nitrogens is 2. The van der Waals surface area contributed by atoms with E-state index in [0.717, 1.165) is 0 Å². The molecule has 0 aliphatic carbocycles. The van der Waals surface area contributed by atoms with E-state index in [0.29, 0.717) is 26.2 Å². The second-order valence-electron chi connectivity index (χ2n) is 3.70. The number of carbonyl (C=O) groups is 1. The summed E-state index contributed by atoms with van der Waals surface area (Å²) >= 11 is 0. The van der Waals surface area contributed by atoms with Crippen LogP contribution < -0.4 is 10.5 Å². The second-order valence-corrected chi connectivity index (χ2v) is 5.20. The van der Waals surface area contributed by atoms with Crippen molar-refractivity contribution in [1.29, 1.82) is 0 Å². The first kappa shape index (κ1) is 12.0. The van der Waals surface area contributed by atoms with Gasteiger partial charge in [-0.1, -0.05) is 0 Å². The molecule has 0 unspecified atom stereocenters. The molecule has 0 saturated carbocycles. The van der Waals surface area contributed by atoms with E-state index in [-0.39, 0.29) is 16.5 Å². The Kier molecular flexibility index (Phi) is 3.13. The molecule has 1 aromatic rings. The van der Waals surface area contributed by atoms with E-state index in [2.05, 4.69) is 15.5 Å². The lowest BCUT2D eigenvalue weighted by atomic mass is 10.2. The van der Waals surface area contributed by atoms with E-state index >= 15 is 0 Å². The summed E-state index contributed by atoms with van der Waals surface area (Å²) in [5, 5.41) is 13.6. The summed E-state index contributed by atoms with van der Waals surface area (Å²) in [5.74, 6) is -0.371. The number of nitrogens with zero attached hydrogens (tertiary/aromatic N) is 2. The van der Waals surface area contributed by atoms with Crippen molar-refractivity contribution in [3.8, 4) is 0 Å². The number of aromatic amines is 1. The van der Waals surface area contributed by atoms with E-state index in [9.17, 15) is 13.2 Å². The lowest BCUT2D eigenvalue weighted by Gasteiger charge is -2.27. The molecular weight excluding hydrogens is 246 g/mol. The normalized spacial score (nSPS) is 17.1. The molecule has 2 rings (SSSR count). The average Bonchev–Trinajstić information content (AvgIpc) is 2.78. The number of piperazine rings is 1. The molecule has 4 N–H and O–H groups in total. The maximum atomic E-state index is 12.0. The van der Waals surface area contributed by atoms with Gasteiger partial charge < -0.3 is 10.2 Å². The van der Waals surface area contributed by atoms with Crippen LogP contribution in [0.5, 0.6) is 0 Å². The van der Waals surface area contributed by atoms with Crippen molar-refractivity contribution in [2.75, 3.05) is 26.2 Å². The van der Waals surface area contributed by atoms with E-state index in [1.54, 1.807) is 4.90 Å². The Bertz CT molecular complexity index is 517. The van der Waals surface area contributed by atoms with Gasteiger partial charge in [-0.05, 0) is 0 Å². The lowest BCUT2D eigenvalue weighted by Crippen LogP contribution is -2.46. The van der Waals surface area contributed by atoms with Crippen LogP contribution in [0.25, 0.3) is 0 Å². The van der Waals surface area contributed by atoms with Gasteiger partial charge >= 0.3 is 0 Å². The Morgan fingerprint density at radius 1 is 1.41 bits per heavy atom. The fourth-order valence-corrected chi connectivity index (χ4v) is 2.31. The smallest absolute Gasteiger partial charge is 0.258 e. The number of H-pyrrole nitrogens is 1.